The van der Waals surface area contributed by atoms with Crippen molar-refractivity contribution in [2.45, 2.75) is 24.4 Å². The normalized spacial score (nSPS) is 27.9. The Morgan fingerprint density at radius 3 is 2.50 bits per heavy atom. The molecule has 0 radical (unpaired) electrons. The average molecular weight is 315 g/mol. The number of aliphatic hydroxyl groups excluding tert-OH is 3. The fourth-order valence-electron chi connectivity index (χ4n) is 2.20. The van der Waals surface area contributed by atoms with Gasteiger partial charge in [0.2, 0.25) is 0 Å². The third kappa shape index (κ3) is 2.68. The van der Waals surface area contributed by atoms with Gasteiger partial charge in [0.25, 0.3) is 5.56 Å². The molecule has 1 amide bonds. The summed E-state index contributed by atoms with van der Waals surface area (Å²) in [6.45, 7) is -0.553. The molecule has 0 aromatic carbocycles. The van der Waals surface area contributed by atoms with E-state index in [1.807, 2.05) is 4.98 Å². The molecule has 1 unspecified atom stereocenters. The second-order valence-electron chi connectivity index (χ2n) is 5.15. The lowest BCUT2D eigenvalue weighted by Crippen LogP contribution is -2.41. The van der Waals surface area contributed by atoms with Gasteiger partial charge in [-0.15, -0.1) is 0 Å². The molecule has 22 heavy (non-hydrogen) atoms. The van der Waals surface area contributed by atoms with E-state index in [0.29, 0.717) is 4.57 Å². The number of hydrogen-bond acceptors (Lipinski definition) is 7. The summed E-state index contributed by atoms with van der Waals surface area (Å²) in [6, 6.07) is -0.700. The molecule has 1 aliphatic heterocycles. The Morgan fingerprint density at radius 1 is 1.36 bits per heavy atom. The van der Waals surface area contributed by atoms with E-state index >= 15 is 0 Å². The maximum Gasteiger partial charge on any atom is 0.336 e. The zero-order valence-corrected chi connectivity index (χ0v) is 12.0. The van der Waals surface area contributed by atoms with E-state index in [1.54, 1.807) is 0 Å². The van der Waals surface area contributed by atoms with Gasteiger partial charge in [-0.1, -0.05) is 0 Å². The second-order valence-corrected chi connectivity index (χ2v) is 5.15. The smallest absolute Gasteiger partial charge is 0.336 e. The minimum atomic E-state index is -1.47. The van der Waals surface area contributed by atoms with E-state index in [1.165, 1.54) is 14.1 Å². The SMILES string of the molecule is CN(C)C(=O)n1cc([C@@H]2O[C@H](CO)C(O)[C@@H]2O)c(=O)[nH]c1=O. The molecule has 0 bridgehead atoms. The second kappa shape index (κ2) is 6.01. The highest BCUT2D eigenvalue weighted by Crippen LogP contribution is 2.31. The number of aromatic nitrogens is 2. The lowest BCUT2D eigenvalue weighted by Gasteiger charge is -2.16. The molecule has 2 rings (SSSR count). The molecule has 1 aliphatic rings. The van der Waals surface area contributed by atoms with Gasteiger partial charge in [0.1, 0.15) is 24.4 Å². The molecule has 0 aliphatic carbocycles. The van der Waals surface area contributed by atoms with Gasteiger partial charge in [-0.25, -0.2) is 14.2 Å². The van der Waals surface area contributed by atoms with Crippen LogP contribution in [0.4, 0.5) is 4.79 Å². The Kier molecular flexibility index (Phi) is 4.47. The van der Waals surface area contributed by atoms with Crippen LogP contribution in [0.5, 0.6) is 0 Å². The third-order valence-corrected chi connectivity index (χ3v) is 3.41. The first-order valence-corrected chi connectivity index (χ1v) is 6.48. The van der Waals surface area contributed by atoms with Crippen LogP contribution in [0, 0.1) is 0 Å². The van der Waals surface area contributed by atoms with Crippen LogP contribution in [0.3, 0.4) is 0 Å². The van der Waals surface area contributed by atoms with Crippen molar-refractivity contribution >= 4 is 6.03 Å². The molecule has 0 saturated carbocycles. The minimum absolute atomic E-state index is 0.197. The Bertz CT molecular complexity index is 680. The first-order chi connectivity index (χ1) is 10.3. The van der Waals surface area contributed by atoms with Crippen LogP contribution in [0.1, 0.15) is 11.7 Å². The average Bonchev–Trinajstić information content (AvgIpc) is 2.74. The molecular weight excluding hydrogens is 298 g/mol. The highest BCUT2D eigenvalue weighted by Gasteiger charge is 2.44. The number of rotatable bonds is 2. The van der Waals surface area contributed by atoms with Gasteiger partial charge < -0.3 is 25.0 Å². The maximum atomic E-state index is 11.9. The number of nitrogens with one attached hydrogen (secondary N) is 1. The van der Waals surface area contributed by atoms with Crippen molar-refractivity contribution in [3.8, 4) is 0 Å². The van der Waals surface area contributed by atoms with Crippen molar-refractivity contribution in [1.82, 2.24) is 14.5 Å². The summed E-state index contributed by atoms with van der Waals surface area (Å²) in [4.78, 5) is 38.5. The third-order valence-electron chi connectivity index (χ3n) is 3.41. The fourth-order valence-corrected chi connectivity index (χ4v) is 2.20. The van der Waals surface area contributed by atoms with Crippen molar-refractivity contribution in [3.63, 3.8) is 0 Å². The standard InChI is InChI=1S/C12H17N3O7/c1-14(2)12(21)15-3-5(10(19)13-11(15)20)9-8(18)7(17)6(4-16)22-9/h3,6-9,16-18H,4H2,1-2H3,(H,13,19,20)/t6-,7?,8+,9+/m1/s1. The van der Waals surface area contributed by atoms with E-state index in [0.717, 1.165) is 11.1 Å². The largest absolute Gasteiger partial charge is 0.394 e. The molecule has 2 heterocycles. The number of H-pyrrole nitrogens is 1. The molecule has 1 saturated heterocycles. The minimum Gasteiger partial charge on any atom is -0.394 e. The van der Waals surface area contributed by atoms with Crippen molar-refractivity contribution in [3.05, 3.63) is 32.6 Å². The summed E-state index contributed by atoms with van der Waals surface area (Å²) in [7, 11) is 2.85. The highest BCUT2D eigenvalue weighted by atomic mass is 16.6. The van der Waals surface area contributed by atoms with Crippen LogP contribution in [-0.2, 0) is 4.74 Å². The molecule has 1 fully saturated rings. The van der Waals surface area contributed by atoms with Gasteiger partial charge in [-0.2, -0.15) is 0 Å². The first-order valence-electron chi connectivity index (χ1n) is 6.48. The Hall–Kier alpha value is -2.01. The van der Waals surface area contributed by atoms with Crippen LogP contribution < -0.4 is 11.2 Å². The van der Waals surface area contributed by atoms with Gasteiger partial charge in [-0.3, -0.25) is 9.78 Å². The van der Waals surface area contributed by atoms with Crippen LogP contribution in [-0.4, -0.2) is 74.8 Å². The van der Waals surface area contributed by atoms with Crippen molar-refractivity contribution in [2.24, 2.45) is 0 Å². The van der Waals surface area contributed by atoms with Crippen LogP contribution in [0.25, 0.3) is 0 Å². The monoisotopic (exact) mass is 315 g/mol. The lowest BCUT2D eigenvalue weighted by atomic mass is 10.0. The molecule has 4 atom stereocenters. The Morgan fingerprint density at radius 2 is 2.00 bits per heavy atom. The molecule has 122 valence electrons. The lowest BCUT2D eigenvalue weighted by molar-refractivity contribution is -0.0233. The number of ether oxygens (including phenoxy) is 1. The molecular formula is C12H17N3O7. The van der Waals surface area contributed by atoms with E-state index in [4.69, 9.17) is 9.84 Å². The van der Waals surface area contributed by atoms with Crippen molar-refractivity contribution in [2.75, 3.05) is 20.7 Å². The van der Waals surface area contributed by atoms with E-state index < -0.39 is 48.3 Å². The fraction of sp³-hybridized carbons (Fsp3) is 0.583. The molecule has 1 aromatic heterocycles. The zero-order chi connectivity index (χ0) is 16.6. The topological polar surface area (TPSA) is 145 Å². The predicted molar refractivity (Wildman–Crippen MR) is 72.5 cm³/mol. The molecule has 0 spiro atoms. The van der Waals surface area contributed by atoms with Crippen molar-refractivity contribution < 1.29 is 24.9 Å². The van der Waals surface area contributed by atoms with Gasteiger partial charge in [-0.05, 0) is 0 Å². The summed E-state index contributed by atoms with van der Waals surface area (Å²) < 4.78 is 5.89. The number of amides is 1. The quantitative estimate of drug-likeness (QED) is 0.462. The van der Waals surface area contributed by atoms with Crippen LogP contribution in [0.2, 0.25) is 0 Å². The first kappa shape index (κ1) is 16.4. The van der Waals surface area contributed by atoms with Gasteiger partial charge in [0.15, 0.2) is 0 Å². The molecule has 10 nitrogen and oxygen atoms in total. The number of nitrogens with zero attached hydrogens (tertiary/aromatic N) is 2. The Labute approximate surface area is 124 Å². The zero-order valence-electron chi connectivity index (χ0n) is 12.0. The summed E-state index contributed by atoms with van der Waals surface area (Å²) in [5.41, 5.74) is -1.97. The predicted octanol–water partition coefficient (Wildman–Crippen LogP) is -2.78. The number of hydrogen-bond donors (Lipinski definition) is 4. The maximum absolute atomic E-state index is 11.9. The van der Waals surface area contributed by atoms with E-state index in [9.17, 15) is 24.6 Å². The van der Waals surface area contributed by atoms with Gasteiger partial charge >= 0.3 is 11.7 Å². The highest BCUT2D eigenvalue weighted by molar-refractivity contribution is 5.76. The van der Waals surface area contributed by atoms with Gasteiger partial charge in [0.05, 0.1) is 12.2 Å². The summed E-state index contributed by atoms with van der Waals surface area (Å²) in [5.74, 6) is 0. The summed E-state index contributed by atoms with van der Waals surface area (Å²) >= 11 is 0. The molecule has 4 N–H and O–H groups in total. The number of carbonyl (C=O) groups excluding carboxylic acids is 1. The van der Waals surface area contributed by atoms with Crippen molar-refractivity contribution in [1.29, 1.82) is 0 Å². The number of carbonyl (C=O) groups is 1. The summed E-state index contributed by atoms with van der Waals surface area (Å²) in [5, 5.41) is 28.7. The van der Waals surface area contributed by atoms with E-state index in [2.05, 4.69) is 0 Å². The summed E-state index contributed by atoms with van der Waals surface area (Å²) in [6.07, 6.45) is -4.23. The molecule has 1 aromatic rings. The van der Waals surface area contributed by atoms with Crippen LogP contribution in [0.15, 0.2) is 15.8 Å². The molecule has 10 heteroatoms. The van der Waals surface area contributed by atoms with Gasteiger partial charge in [0, 0.05) is 20.3 Å². The Balaban J connectivity index is 2.48. The number of aliphatic hydroxyl groups is 3. The van der Waals surface area contributed by atoms with E-state index in [-0.39, 0.29) is 5.56 Å². The number of aromatic amines is 1. The van der Waals surface area contributed by atoms with Crippen LogP contribution >= 0.6 is 0 Å².